The molecule has 170 valence electrons. The van der Waals surface area contributed by atoms with Gasteiger partial charge in [0.25, 0.3) is 5.91 Å². The van der Waals surface area contributed by atoms with Gasteiger partial charge in [-0.15, -0.1) is 0 Å². The third kappa shape index (κ3) is 7.13. The second kappa shape index (κ2) is 11.9. The Balaban J connectivity index is 1.56. The number of piperidine rings is 1. The number of nitrogens with zero attached hydrogens (tertiary/aromatic N) is 1. The number of hydrogen-bond donors (Lipinski definition) is 2. The largest absolute Gasteiger partial charge is 0.493 e. The van der Waals surface area contributed by atoms with E-state index >= 15 is 0 Å². The average Bonchev–Trinajstić information content (AvgIpc) is 2.81. The summed E-state index contributed by atoms with van der Waals surface area (Å²) in [7, 11) is 1.51. The Labute approximate surface area is 189 Å². The molecule has 0 bridgehead atoms. The summed E-state index contributed by atoms with van der Waals surface area (Å²) in [5.74, 6) is 0.134. The third-order valence-electron chi connectivity index (χ3n) is 5.40. The zero-order valence-corrected chi connectivity index (χ0v) is 18.5. The van der Waals surface area contributed by atoms with Gasteiger partial charge in [0, 0.05) is 19.2 Å². The van der Waals surface area contributed by atoms with Gasteiger partial charge in [0.15, 0.2) is 18.1 Å². The normalized spacial score (nSPS) is 14.3. The van der Waals surface area contributed by atoms with E-state index in [1.165, 1.54) is 38.0 Å². The first kappa shape index (κ1) is 23.3. The van der Waals surface area contributed by atoms with Crippen molar-refractivity contribution in [1.82, 2.24) is 10.2 Å². The van der Waals surface area contributed by atoms with Crippen LogP contribution in [0, 0.1) is 0 Å². The minimum Gasteiger partial charge on any atom is -0.493 e. The number of benzene rings is 2. The van der Waals surface area contributed by atoms with Crippen LogP contribution in [0.3, 0.4) is 0 Å². The molecule has 0 atom stereocenters. The van der Waals surface area contributed by atoms with E-state index < -0.39 is 5.91 Å². The highest BCUT2D eigenvalue weighted by atomic mass is 16.5. The highest BCUT2D eigenvalue weighted by Crippen LogP contribution is 2.28. The highest BCUT2D eigenvalue weighted by molar-refractivity contribution is 5.91. The number of ether oxygens (including phenoxy) is 2. The van der Waals surface area contributed by atoms with E-state index in [0.29, 0.717) is 18.0 Å². The lowest BCUT2D eigenvalue weighted by molar-refractivity contribution is -0.120. The summed E-state index contributed by atoms with van der Waals surface area (Å²) in [5, 5.41) is 2.97. The fourth-order valence-corrected chi connectivity index (χ4v) is 3.71. The molecule has 7 nitrogen and oxygen atoms in total. The Bertz CT molecular complexity index is 952. The third-order valence-corrected chi connectivity index (χ3v) is 5.40. The maximum absolute atomic E-state index is 12.4. The number of carbonyl (C=O) groups excluding carboxylic acids is 2. The molecule has 2 amide bonds. The van der Waals surface area contributed by atoms with Crippen LogP contribution in [0.15, 0.2) is 48.5 Å². The second-order valence-electron chi connectivity index (χ2n) is 7.82. The number of carbonyl (C=O) groups is 2. The summed E-state index contributed by atoms with van der Waals surface area (Å²) >= 11 is 0. The summed E-state index contributed by atoms with van der Waals surface area (Å²) in [6.45, 7) is 3.45. The molecule has 0 unspecified atom stereocenters. The molecule has 0 aromatic heterocycles. The molecule has 2 aromatic carbocycles. The van der Waals surface area contributed by atoms with Gasteiger partial charge in [-0.2, -0.15) is 0 Å². The van der Waals surface area contributed by atoms with E-state index in [-0.39, 0.29) is 12.5 Å². The Hall–Kier alpha value is -3.32. The van der Waals surface area contributed by atoms with Crippen LogP contribution in [0.25, 0.3) is 6.08 Å². The Kier molecular flexibility index (Phi) is 8.69. The molecule has 0 saturated carbocycles. The number of nitrogens with two attached hydrogens (primary N) is 1. The molecule has 1 aliphatic heterocycles. The van der Waals surface area contributed by atoms with Gasteiger partial charge in [-0.1, -0.05) is 36.8 Å². The van der Waals surface area contributed by atoms with Crippen LogP contribution >= 0.6 is 0 Å². The molecule has 7 heteroatoms. The molecule has 3 rings (SSSR count). The van der Waals surface area contributed by atoms with Crippen LogP contribution < -0.4 is 20.5 Å². The lowest BCUT2D eigenvalue weighted by atomic mass is 10.0. The number of rotatable bonds is 10. The van der Waals surface area contributed by atoms with Crippen molar-refractivity contribution in [2.24, 2.45) is 5.73 Å². The van der Waals surface area contributed by atoms with Gasteiger partial charge in [-0.25, -0.2) is 0 Å². The van der Waals surface area contributed by atoms with Gasteiger partial charge in [-0.3, -0.25) is 14.5 Å². The van der Waals surface area contributed by atoms with Crippen LogP contribution in [0.1, 0.15) is 36.0 Å². The van der Waals surface area contributed by atoms with Crippen LogP contribution in [0.5, 0.6) is 11.5 Å². The van der Waals surface area contributed by atoms with Gasteiger partial charge in [0.1, 0.15) is 0 Å². The van der Waals surface area contributed by atoms with Crippen molar-refractivity contribution in [1.29, 1.82) is 0 Å². The number of nitrogens with one attached hydrogen (secondary N) is 1. The zero-order valence-electron chi connectivity index (χ0n) is 18.5. The predicted molar refractivity (Wildman–Crippen MR) is 124 cm³/mol. The van der Waals surface area contributed by atoms with E-state index in [2.05, 4.69) is 28.4 Å². The molecule has 0 radical (unpaired) electrons. The van der Waals surface area contributed by atoms with Crippen molar-refractivity contribution in [3.63, 3.8) is 0 Å². The van der Waals surface area contributed by atoms with Gasteiger partial charge < -0.3 is 20.5 Å². The molecule has 0 aliphatic carbocycles. The summed E-state index contributed by atoms with van der Waals surface area (Å²) in [6, 6.07) is 13.4. The molecular formula is C25H31N3O4. The number of amides is 2. The summed E-state index contributed by atoms with van der Waals surface area (Å²) in [5.41, 5.74) is 8.27. The SMILES string of the molecule is COc1cc(/C=C/C(=O)NCc2ccccc2CN2CCCCC2)ccc1OCC(N)=O. The molecule has 1 heterocycles. The van der Waals surface area contributed by atoms with E-state index in [4.69, 9.17) is 15.2 Å². The zero-order chi connectivity index (χ0) is 22.8. The van der Waals surface area contributed by atoms with Gasteiger partial charge in [-0.05, 0) is 60.8 Å². The average molecular weight is 438 g/mol. The summed E-state index contributed by atoms with van der Waals surface area (Å²) in [4.78, 5) is 25.8. The lowest BCUT2D eigenvalue weighted by Gasteiger charge is -2.27. The van der Waals surface area contributed by atoms with Crippen LogP contribution in [-0.4, -0.2) is 43.5 Å². The smallest absolute Gasteiger partial charge is 0.255 e. The molecule has 1 aliphatic rings. The topological polar surface area (TPSA) is 93.9 Å². The predicted octanol–water partition coefficient (Wildman–Crippen LogP) is 2.87. The fraction of sp³-hybridized carbons (Fsp3) is 0.360. The first-order valence-electron chi connectivity index (χ1n) is 10.9. The molecule has 1 saturated heterocycles. The van der Waals surface area contributed by atoms with Gasteiger partial charge in [0.2, 0.25) is 5.91 Å². The molecule has 32 heavy (non-hydrogen) atoms. The molecule has 1 fully saturated rings. The van der Waals surface area contributed by atoms with Gasteiger partial charge >= 0.3 is 0 Å². The first-order valence-corrected chi connectivity index (χ1v) is 10.9. The minimum absolute atomic E-state index is 0.175. The first-order chi connectivity index (χ1) is 15.5. The van der Waals surface area contributed by atoms with Crippen molar-refractivity contribution in [2.45, 2.75) is 32.4 Å². The Morgan fingerprint density at radius 3 is 2.53 bits per heavy atom. The maximum Gasteiger partial charge on any atom is 0.255 e. The molecule has 2 aromatic rings. The standard InChI is InChI=1S/C25H31N3O4/c1-31-23-15-19(9-11-22(23)32-18-24(26)29)10-12-25(30)27-16-20-7-3-4-8-21(20)17-28-13-5-2-6-14-28/h3-4,7-12,15H,2,5-6,13-14,16-18H2,1H3,(H2,26,29)(H,27,30)/b12-10+. The second-order valence-corrected chi connectivity index (χ2v) is 7.82. The van der Waals surface area contributed by atoms with Crippen LogP contribution in [0.4, 0.5) is 0 Å². The molecule has 0 spiro atoms. The lowest BCUT2D eigenvalue weighted by Crippen LogP contribution is -2.30. The molecular weight excluding hydrogens is 406 g/mol. The highest BCUT2D eigenvalue weighted by Gasteiger charge is 2.12. The summed E-state index contributed by atoms with van der Waals surface area (Å²) in [6.07, 6.45) is 7.02. The van der Waals surface area contributed by atoms with Crippen molar-refractivity contribution >= 4 is 17.9 Å². The van der Waals surface area contributed by atoms with E-state index in [0.717, 1.165) is 30.8 Å². The summed E-state index contributed by atoms with van der Waals surface area (Å²) < 4.78 is 10.6. The van der Waals surface area contributed by atoms with Crippen LogP contribution in [0.2, 0.25) is 0 Å². The van der Waals surface area contributed by atoms with Crippen molar-refractivity contribution in [3.05, 3.63) is 65.2 Å². The Morgan fingerprint density at radius 1 is 1.06 bits per heavy atom. The monoisotopic (exact) mass is 437 g/mol. The van der Waals surface area contributed by atoms with Gasteiger partial charge in [0.05, 0.1) is 7.11 Å². The van der Waals surface area contributed by atoms with E-state index in [1.807, 2.05) is 6.07 Å². The maximum atomic E-state index is 12.4. The van der Waals surface area contributed by atoms with Crippen molar-refractivity contribution in [3.8, 4) is 11.5 Å². The van der Waals surface area contributed by atoms with E-state index in [1.54, 1.807) is 24.3 Å². The van der Waals surface area contributed by atoms with Crippen LogP contribution in [-0.2, 0) is 22.7 Å². The minimum atomic E-state index is -0.565. The van der Waals surface area contributed by atoms with Crippen molar-refractivity contribution < 1.29 is 19.1 Å². The van der Waals surface area contributed by atoms with Crippen molar-refractivity contribution in [2.75, 3.05) is 26.8 Å². The number of primary amides is 1. The number of likely N-dealkylation sites (tertiary alicyclic amines) is 1. The Morgan fingerprint density at radius 2 is 1.81 bits per heavy atom. The molecule has 3 N–H and O–H groups in total. The number of methoxy groups -OCH3 is 1. The van der Waals surface area contributed by atoms with E-state index in [9.17, 15) is 9.59 Å². The quantitative estimate of drug-likeness (QED) is 0.558. The number of hydrogen-bond acceptors (Lipinski definition) is 5. The fourth-order valence-electron chi connectivity index (χ4n) is 3.71.